The molecule has 2 aromatic heterocycles. The molecule has 5 heteroatoms. The first-order valence-corrected chi connectivity index (χ1v) is 8.48. The van der Waals surface area contributed by atoms with E-state index in [1.165, 1.54) is 5.56 Å². The van der Waals surface area contributed by atoms with Gasteiger partial charge in [-0.25, -0.2) is 4.98 Å². The largest absolute Gasteiger partial charge is 0.396 e. The number of thiazole rings is 1. The van der Waals surface area contributed by atoms with E-state index in [-0.39, 0.29) is 6.61 Å². The summed E-state index contributed by atoms with van der Waals surface area (Å²) in [4.78, 5) is 8.99. The molecule has 2 N–H and O–H groups in total. The van der Waals surface area contributed by atoms with Crippen LogP contribution >= 0.6 is 11.3 Å². The number of benzene rings is 1. The lowest BCUT2D eigenvalue weighted by Gasteiger charge is -2.03. The zero-order valence-corrected chi connectivity index (χ0v) is 13.8. The second-order valence-corrected chi connectivity index (χ2v) is 6.25. The molecule has 0 aliphatic rings. The van der Waals surface area contributed by atoms with Gasteiger partial charge in [-0.1, -0.05) is 12.1 Å². The van der Waals surface area contributed by atoms with Gasteiger partial charge in [-0.2, -0.15) is 0 Å². The van der Waals surface area contributed by atoms with Gasteiger partial charge in [0, 0.05) is 35.1 Å². The van der Waals surface area contributed by atoms with E-state index in [1.807, 2.05) is 29.6 Å². The zero-order valence-electron chi connectivity index (χ0n) is 13.0. The van der Waals surface area contributed by atoms with Gasteiger partial charge >= 0.3 is 0 Å². The van der Waals surface area contributed by atoms with Crippen LogP contribution in [0.4, 0.5) is 10.8 Å². The second kappa shape index (κ2) is 7.35. The van der Waals surface area contributed by atoms with Gasteiger partial charge in [0.2, 0.25) is 0 Å². The van der Waals surface area contributed by atoms with Crippen molar-refractivity contribution in [1.29, 1.82) is 0 Å². The molecular formula is C18H19N3OS. The van der Waals surface area contributed by atoms with Crippen LogP contribution in [0.2, 0.25) is 0 Å². The van der Waals surface area contributed by atoms with E-state index in [2.05, 4.69) is 34.3 Å². The molecule has 3 aromatic rings. The molecule has 0 bridgehead atoms. The Morgan fingerprint density at radius 3 is 2.96 bits per heavy atom. The highest BCUT2D eigenvalue weighted by molar-refractivity contribution is 7.14. The predicted molar refractivity (Wildman–Crippen MR) is 95.2 cm³/mol. The van der Waals surface area contributed by atoms with Crippen molar-refractivity contribution < 1.29 is 5.11 Å². The first kappa shape index (κ1) is 15.6. The highest BCUT2D eigenvalue weighted by Gasteiger charge is 2.06. The number of hydrogen-bond acceptors (Lipinski definition) is 5. The highest BCUT2D eigenvalue weighted by Crippen LogP contribution is 2.27. The van der Waals surface area contributed by atoms with Crippen molar-refractivity contribution >= 4 is 22.2 Å². The van der Waals surface area contributed by atoms with Gasteiger partial charge in [0.15, 0.2) is 5.13 Å². The summed E-state index contributed by atoms with van der Waals surface area (Å²) in [6, 6.07) is 12.2. The molecule has 0 radical (unpaired) electrons. The summed E-state index contributed by atoms with van der Waals surface area (Å²) in [6.07, 6.45) is 3.31. The van der Waals surface area contributed by atoms with Crippen LogP contribution in [-0.2, 0) is 6.42 Å². The van der Waals surface area contributed by atoms with Crippen molar-refractivity contribution in [3.63, 3.8) is 0 Å². The van der Waals surface area contributed by atoms with E-state index in [1.54, 1.807) is 17.5 Å². The number of aryl methyl sites for hydroxylation is 2. The summed E-state index contributed by atoms with van der Waals surface area (Å²) in [7, 11) is 0. The van der Waals surface area contributed by atoms with Gasteiger partial charge in [-0.3, -0.25) is 4.98 Å². The second-order valence-electron chi connectivity index (χ2n) is 5.40. The summed E-state index contributed by atoms with van der Waals surface area (Å²) in [5, 5.41) is 15.2. The maximum absolute atomic E-state index is 8.93. The average molecular weight is 325 g/mol. The molecule has 0 unspecified atom stereocenters. The van der Waals surface area contributed by atoms with E-state index >= 15 is 0 Å². The minimum absolute atomic E-state index is 0.188. The number of anilines is 2. The monoisotopic (exact) mass is 325 g/mol. The molecule has 0 fully saturated rings. The molecule has 118 valence electrons. The van der Waals surface area contributed by atoms with Crippen molar-refractivity contribution in [1.82, 2.24) is 9.97 Å². The van der Waals surface area contributed by atoms with E-state index in [4.69, 9.17) is 5.11 Å². The van der Waals surface area contributed by atoms with Gasteiger partial charge in [0.05, 0.1) is 5.69 Å². The van der Waals surface area contributed by atoms with Crippen LogP contribution in [0, 0.1) is 6.92 Å². The molecule has 0 amide bonds. The lowest BCUT2D eigenvalue weighted by Crippen LogP contribution is -1.94. The molecule has 0 aliphatic heterocycles. The number of aliphatic hydroxyl groups is 1. The predicted octanol–water partition coefficient (Wildman–Crippen LogP) is 4.18. The summed E-state index contributed by atoms with van der Waals surface area (Å²) in [5.41, 5.74) is 5.25. The molecule has 1 aromatic carbocycles. The Labute approximate surface area is 139 Å². The summed E-state index contributed by atoms with van der Waals surface area (Å²) in [6.45, 7) is 2.26. The number of aromatic nitrogens is 2. The Morgan fingerprint density at radius 2 is 2.13 bits per heavy atom. The Bertz CT molecular complexity index is 785. The quantitative estimate of drug-likeness (QED) is 0.714. The number of aliphatic hydroxyl groups excluding tert-OH is 1. The number of nitrogens with one attached hydrogen (secondary N) is 1. The summed E-state index contributed by atoms with van der Waals surface area (Å²) < 4.78 is 0. The number of nitrogens with zero attached hydrogens (tertiary/aromatic N) is 2. The molecule has 0 saturated carbocycles. The van der Waals surface area contributed by atoms with Gasteiger partial charge in [0.25, 0.3) is 0 Å². The molecule has 0 atom stereocenters. The minimum atomic E-state index is 0.188. The summed E-state index contributed by atoms with van der Waals surface area (Å²) >= 11 is 1.59. The van der Waals surface area contributed by atoms with Crippen LogP contribution < -0.4 is 5.32 Å². The molecular weight excluding hydrogens is 306 g/mol. The van der Waals surface area contributed by atoms with Crippen molar-refractivity contribution in [3.05, 3.63) is 59.2 Å². The van der Waals surface area contributed by atoms with E-state index in [0.29, 0.717) is 0 Å². The van der Waals surface area contributed by atoms with Gasteiger partial charge < -0.3 is 10.4 Å². The van der Waals surface area contributed by atoms with Gasteiger partial charge in [-0.15, -0.1) is 11.3 Å². The number of rotatable bonds is 6. The van der Waals surface area contributed by atoms with E-state index in [0.717, 1.165) is 40.6 Å². The summed E-state index contributed by atoms with van der Waals surface area (Å²) in [5.74, 6) is 0. The standard InChI is InChI=1S/C18H19N3OS/c1-13-4-2-5-16(10-13)20-18-21-17(12-23-18)14-7-8-19-15(11-14)6-3-9-22/h2,4-5,7-8,10-12,22H,3,6,9H2,1H3,(H,20,21). The van der Waals surface area contributed by atoms with Crippen molar-refractivity contribution in [2.45, 2.75) is 19.8 Å². The Hall–Kier alpha value is -2.24. The maximum atomic E-state index is 8.93. The van der Waals surface area contributed by atoms with Crippen LogP contribution in [0.1, 0.15) is 17.7 Å². The topological polar surface area (TPSA) is 58.0 Å². The highest BCUT2D eigenvalue weighted by atomic mass is 32.1. The molecule has 2 heterocycles. The fourth-order valence-corrected chi connectivity index (χ4v) is 3.08. The van der Waals surface area contributed by atoms with Gasteiger partial charge in [0.1, 0.15) is 0 Å². The SMILES string of the molecule is Cc1cccc(Nc2nc(-c3ccnc(CCCO)c3)cs2)c1. The Morgan fingerprint density at radius 1 is 1.22 bits per heavy atom. The van der Waals surface area contributed by atoms with E-state index < -0.39 is 0 Å². The van der Waals surface area contributed by atoms with Crippen molar-refractivity contribution in [2.24, 2.45) is 0 Å². The first-order chi connectivity index (χ1) is 11.2. The molecule has 0 aliphatic carbocycles. The van der Waals surface area contributed by atoms with Crippen LogP contribution in [0.15, 0.2) is 48.0 Å². The van der Waals surface area contributed by atoms with E-state index in [9.17, 15) is 0 Å². The lowest BCUT2D eigenvalue weighted by atomic mass is 10.1. The third-order valence-electron chi connectivity index (χ3n) is 3.48. The molecule has 23 heavy (non-hydrogen) atoms. The Balaban J connectivity index is 1.76. The molecule has 0 saturated heterocycles. The van der Waals surface area contributed by atoms with Crippen LogP contribution in [0.3, 0.4) is 0 Å². The van der Waals surface area contributed by atoms with Gasteiger partial charge in [-0.05, 0) is 49.6 Å². The Kier molecular flexibility index (Phi) is 5.00. The van der Waals surface area contributed by atoms with Crippen LogP contribution in [0.5, 0.6) is 0 Å². The third-order valence-corrected chi connectivity index (χ3v) is 4.23. The fraction of sp³-hybridized carbons (Fsp3) is 0.222. The minimum Gasteiger partial charge on any atom is -0.396 e. The van der Waals surface area contributed by atoms with Crippen LogP contribution in [-0.4, -0.2) is 21.7 Å². The van der Waals surface area contributed by atoms with Crippen LogP contribution in [0.25, 0.3) is 11.3 Å². The number of pyridine rings is 1. The molecule has 0 spiro atoms. The normalized spacial score (nSPS) is 10.7. The maximum Gasteiger partial charge on any atom is 0.187 e. The smallest absolute Gasteiger partial charge is 0.187 e. The van der Waals surface area contributed by atoms with Crippen molar-refractivity contribution in [3.8, 4) is 11.3 Å². The lowest BCUT2D eigenvalue weighted by molar-refractivity contribution is 0.288. The first-order valence-electron chi connectivity index (χ1n) is 7.60. The average Bonchev–Trinajstić information content (AvgIpc) is 3.02. The third kappa shape index (κ3) is 4.15. The zero-order chi connectivity index (χ0) is 16.1. The molecule has 4 nitrogen and oxygen atoms in total. The fourth-order valence-electron chi connectivity index (χ4n) is 2.34. The number of hydrogen-bond donors (Lipinski definition) is 2. The molecule has 3 rings (SSSR count). The van der Waals surface area contributed by atoms with Crippen molar-refractivity contribution in [2.75, 3.05) is 11.9 Å².